The van der Waals surface area contributed by atoms with Gasteiger partial charge in [0, 0.05) is 31.9 Å². The first-order chi connectivity index (χ1) is 27.4. The first-order valence-corrected chi connectivity index (χ1v) is 20.2. The Labute approximate surface area is 334 Å². The smallest absolute Gasteiger partial charge is 0.0618 e. The van der Waals surface area contributed by atoms with Gasteiger partial charge in [0.25, 0.3) is 0 Å². The van der Waals surface area contributed by atoms with Gasteiger partial charge in [-0.15, -0.1) is 11.3 Å². The molecule has 56 heavy (non-hydrogen) atoms. The van der Waals surface area contributed by atoms with Gasteiger partial charge in [0.2, 0.25) is 0 Å². The number of nitrogens with zero attached hydrogens (tertiary/aromatic N) is 1. The molecule has 1 nitrogen and oxygen atoms in total. The van der Waals surface area contributed by atoms with Crippen LogP contribution in [-0.4, -0.2) is 0 Å². The van der Waals surface area contributed by atoms with Gasteiger partial charge >= 0.3 is 0 Å². The van der Waals surface area contributed by atoms with Gasteiger partial charge in [0.1, 0.15) is 0 Å². The molecule has 1 aromatic heterocycles. The molecule has 0 saturated heterocycles. The van der Waals surface area contributed by atoms with Crippen molar-refractivity contribution in [1.82, 2.24) is 0 Å². The zero-order valence-corrected chi connectivity index (χ0v) is 32.8. The maximum absolute atomic E-state index is 2.46. The van der Waals surface area contributed by atoms with Gasteiger partial charge in [-0.2, -0.15) is 0 Å². The Hall–Kier alpha value is -6.48. The van der Waals surface area contributed by atoms with Gasteiger partial charge < -0.3 is 4.90 Å². The predicted molar refractivity (Wildman–Crippen MR) is 244 cm³/mol. The third kappa shape index (κ3) is 6.96. The maximum atomic E-state index is 2.46. The third-order valence-electron chi connectivity index (χ3n) is 10.6. The molecule has 2 heteroatoms. The lowest BCUT2D eigenvalue weighted by Gasteiger charge is -2.30. The fourth-order valence-corrected chi connectivity index (χ4v) is 8.75. The van der Waals surface area contributed by atoms with Crippen molar-refractivity contribution in [1.29, 1.82) is 0 Å². The quantitative estimate of drug-likeness (QED) is 0.111. The van der Waals surface area contributed by atoms with E-state index in [4.69, 9.17) is 0 Å². The molecule has 270 valence electrons. The summed E-state index contributed by atoms with van der Waals surface area (Å²) >= 11 is 1.85. The van der Waals surface area contributed by atoms with Crippen molar-refractivity contribution in [3.63, 3.8) is 0 Å². The average molecular weight is 738 g/mol. The first kappa shape index (κ1) is 35.2. The summed E-state index contributed by atoms with van der Waals surface area (Å²) in [6.45, 7) is 6.82. The lowest BCUT2D eigenvalue weighted by Crippen LogP contribution is -2.14. The molecule has 0 bridgehead atoms. The fourth-order valence-electron chi connectivity index (χ4n) is 7.74. The Morgan fingerprint density at radius 1 is 0.411 bits per heavy atom. The summed E-state index contributed by atoms with van der Waals surface area (Å²) in [5, 5.41) is 4.88. The number of hydrogen-bond donors (Lipinski definition) is 0. The molecule has 0 aliphatic carbocycles. The van der Waals surface area contributed by atoms with Crippen LogP contribution in [0.2, 0.25) is 0 Å². The molecule has 0 aliphatic rings. The van der Waals surface area contributed by atoms with Crippen LogP contribution < -0.4 is 4.90 Å². The van der Waals surface area contributed by atoms with E-state index in [1.165, 1.54) is 70.4 Å². The molecule has 8 aromatic carbocycles. The third-order valence-corrected chi connectivity index (χ3v) is 11.8. The van der Waals surface area contributed by atoms with Gasteiger partial charge in [0.15, 0.2) is 0 Å². The number of benzene rings is 8. The molecular formula is C54H43NS. The molecule has 9 rings (SSSR count). The number of thiophene rings is 1. The van der Waals surface area contributed by atoms with Crippen LogP contribution in [-0.2, 0) is 5.41 Å². The minimum Gasteiger partial charge on any atom is -0.309 e. The van der Waals surface area contributed by atoms with E-state index in [1.807, 2.05) is 11.3 Å². The minimum atomic E-state index is 0.0535. The van der Waals surface area contributed by atoms with Crippen LogP contribution >= 0.6 is 11.3 Å². The van der Waals surface area contributed by atoms with E-state index in [0.29, 0.717) is 0 Å². The van der Waals surface area contributed by atoms with Gasteiger partial charge in [-0.3, -0.25) is 0 Å². The Kier molecular flexibility index (Phi) is 9.43. The van der Waals surface area contributed by atoms with Crippen LogP contribution in [0.5, 0.6) is 0 Å². The van der Waals surface area contributed by atoms with Crippen LogP contribution in [0.3, 0.4) is 0 Å². The van der Waals surface area contributed by atoms with Crippen molar-refractivity contribution in [2.75, 3.05) is 4.90 Å². The van der Waals surface area contributed by atoms with E-state index in [0.717, 1.165) is 16.9 Å². The van der Waals surface area contributed by atoms with Gasteiger partial charge in [0.05, 0.1) is 5.69 Å². The summed E-state index contributed by atoms with van der Waals surface area (Å²) in [6, 6.07) is 70.7. The molecule has 9 aromatic rings. The van der Waals surface area contributed by atoms with Crippen molar-refractivity contribution in [3.8, 4) is 32.0 Å². The van der Waals surface area contributed by atoms with E-state index in [-0.39, 0.29) is 5.41 Å². The fraction of sp³-hybridized carbons (Fsp3) is 0.0741. The summed E-state index contributed by atoms with van der Waals surface area (Å²) in [4.78, 5) is 5.00. The standard InChI is InChI=1S/C54H43NS/c1-54(2,3)43-29-33-45(34-30-43)55(44-31-27-39(28-32-44)26-25-38-15-6-4-7-16-38)53-48-23-12-10-21-46(48)52(47-22-11-13-24-49(47)53)42-20-14-19-41(37-42)51-36-35-50(56-51)40-17-8-5-9-18-40/h4-37H,1-3H3. The molecule has 0 N–H and O–H groups in total. The molecule has 0 spiro atoms. The number of rotatable bonds is 8. The number of hydrogen-bond acceptors (Lipinski definition) is 2. The van der Waals surface area contributed by atoms with Crippen molar-refractivity contribution >= 4 is 62.1 Å². The predicted octanol–water partition coefficient (Wildman–Crippen LogP) is 16.0. The second-order valence-electron chi connectivity index (χ2n) is 15.4. The van der Waals surface area contributed by atoms with Crippen molar-refractivity contribution in [2.45, 2.75) is 26.2 Å². The average Bonchev–Trinajstić information content (AvgIpc) is 3.75. The summed E-state index contributed by atoms with van der Waals surface area (Å²) in [6.07, 6.45) is 4.36. The SMILES string of the molecule is CC(C)(C)c1ccc(N(c2ccc(C=Cc3ccccc3)cc2)c2c3ccccc3c(-c3cccc(-c4ccc(-c5ccccc5)s4)c3)c3ccccc23)cc1. The summed E-state index contributed by atoms with van der Waals surface area (Å²) in [7, 11) is 0. The van der Waals surface area contributed by atoms with Gasteiger partial charge in [-0.05, 0) is 97.6 Å². The molecule has 0 radical (unpaired) electrons. The highest BCUT2D eigenvalue weighted by Crippen LogP contribution is 2.49. The van der Waals surface area contributed by atoms with Crippen LogP contribution in [0.15, 0.2) is 194 Å². The van der Waals surface area contributed by atoms with E-state index in [2.05, 4.69) is 232 Å². The molecule has 0 fully saturated rings. The van der Waals surface area contributed by atoms with E-state index >= 15 is 0 Å². The molecule has 0 aliphatic heterocycles. The Morgan fingerprint density at radius 3 is 1.46 bits per heavy atom. The number of anilines is 3. The maximum Gasteiger partial charge on any atom is 0.0618 e. The second-order valence-corrected chi connectivity index (χ2v) is 16.5. The van der Waals surface area contributed by atoms with Crippen LogP contribution in [0, 0.1) is 0 Å². The van der Waals surface area contributed by atoms with Gasteiger partial charge in [-0.1, -0.05) is 185 Å². The first-order valence-electron chi connectivity index (χ1n) is 19.3. The van der Waals surface area contributed by atoms with E-state index < -0.39 is 0 Å². The number of fused-ring (bicyclic) bond motifs is 2. The lowest BCUT2D eigenvalue weighted by molar-refractivity contribution is 0.590. The topological polar surface area (TPSA) is 3.24 Å². The highest BCUT2D eigenvalue weighted by molar-refractivity contribution is 7.18. The van der Waals surface area contributed by atoms with Gasteiger partial charge in [-0.25, -0.2) is 0 Å². The highest BCUT2D eigenvalue weighted by Gasteiger charge is 2.23. The summed E-state index contributed by atoms with van der Waals surface area (Å²) in [5.74, 6) is 0. The zero-order chi connectivity index (χ0) is 38.1. The van der Waals surface area contributed by atoms with E-state index in [9.17, 15) is 0 Å². The normalized spacial score (nSPS) is 11.8. The zero-order valence-electron chi connectivity index (χ0n) is 32.0. The Morgan fingerprint density at radius 2 is 0.875 bits per heavy atom. The summed E-state index contributed by atoms with van der Waals surface area (Å²) < 4.78 is 0. The van der Waals surface area contributed by atoms with Crippen LogP contribution in [0.25, 0.3) is 65.7 Å². The lowest BCUT2D eigenvalue weighted by atomic mass is 9.87. The van der Waals surface area contributed by atoms with Crippen LogP contribution in [0.4, 0.5) is 17.1 Å². The van der Waals surface area contributed by atoms with Crippen LogP contribution in [0.1, 0.15) is 37.5 Å². The molecule has 0 saturated carbocycles. The summed E-state index contributed by atoms with van der Waals surface area (Å²) in [5.41, 5.74) is 12.1. The monoisotopic (exact) mass is 737 g/mol. The largest absolute Gasteiger partial charge is 0.309 e. The van der Waals surface area contributed by atoms with Crippen molar-refractivity contribution < 1.29 is 0 Å². The highest BCUT2D eigenvalue weighted by atomic mass is 32.1. The second kappa shape index (κ2) is 15.0. The molecule has 1 heterocycles. The Bertz CT molecular complexity index is 2750. The Balaban J connectivity index is 1.21. The van der Waals surface area contributed by atoms with Crippen molar-refractivity contribution in [3.05, 3.63) is 211 Å². The van der Waals surface area contributed by atoms with E-state index in [1.54, 1.807) is 0 Å². The molecule has 0 amide bonds. The molecular weight excluding hydrogens is 695 g/mol. The molecule has 0 atom stereocenters. The van der Waals surface area contributed by atoms with Crippen molar-refractivity contribution in [2.24, 2.45) is 0 Å². The molecule has 0 unspecified atom stereocenters. The minimum absolute atomic E-state index is 0.0535.